The zero-order valence-electron chi connectivity index (χ0n) is 10.2. The highest BCUT2D eigenvalue weighted by atomic mass is 35.6. The van der Waals surface area contributed by atoms with E-state index in [1.165, 1.54) is 0 Å². The molecule has 2 aromatic rings. The van der Waals surface area contributed by atoms with Crippen molar-refractivity contribution in [2.45, 2.75) is 20.4 Å². The van der Waals surface area contributed by atoms with E-state index in [1.54, 1.807) is 12.3 Å². The van der Waals surface area contributed by atoms with E-state index in [9.17, 15) is 0 Å². The molecule has 0 bridgehead atoms. The Morgan fingerprint density at radius 3 is 1.86 bits per heavy atom. The van der Waals surface area contributed by atoms with Crippen molar-refractivity contribution >= 4 is 69.6 Å². The fourth-order valence-corrected chi connectivity index (χ4v) is 1.98. The predicted octanol–water partition coefficient (Wildman–Crippen LogP) is 4.90. The molecule has 2 heterocycles. The number of furan rings is 1. The van der Waals surface area contributed by atoms with E-state index in [2.05, 4.69) is 15.0 Å². The van der Waals surface area contributed by atoms with Crippen molar-refractivity contribution in [1.29, 1.82) is 0 Å². The summed E-state index contributed by atoms with van der Waals surface area (Å²) in [5.74, 6) is 0.905. The molecule has 0 aliphatic rings. The quantitative estimate of drug-likeness (QED) is 0.676. The molecule has 0 saturated carbocycles. The van der Waals surface area contributed by atoms with Crippen molar-refractivity contribution in [2.24, 2.45) is 0 Å². The molecule has 0 saturated heterocycles. The molecule has 2 rings (SSSR count). The third-order valence-corrected chi connectivity index (χ3v) is 3.38. The van der Waals surface area contributed by atoms with Crippen molar-refractivity contribution in [3.8, 4) is 0 Å². The topological polar surface area (TPSA) is 51.8 Å². The number of hydrogen-bond acceptors (Lipinski definition) is 4. The summed E-state index contributed by atoms with van der Waals surface area (Å²) in [5.41, 5.74) is 0. The van der Waals surface area contributed by atoms with Gasteiger partial charge < -0.3 is 4.42 Å². The number of nitrogens with zero attached hydrogens (tertiary/aromatic N) is 3. The normalized spacial score (nSPS) is 12.7. The Morgan fingerprint density at radius 2 is 1.43 bits per heavy atom. The molecule has 0 fully saturated rings. The number of rotatable bonds is 3. The van der Waals surface area contributed by atoms with Crippen molar-refractivity contribution in [3.05, 3.63) is 41.6 Å². The third kappa shape index (κ3) is 5.02. The smallest absolute Gasteiger partial charge is 0.250 e. The average molecular weight is 410 g/mol. The van der Waals surface area contributed by atoms with Gasteiger partial charge in [0.25, 0.3) is 0 Å². The molecule has 0 aromatic carbocycles. The Kier molecular flexibility index (Phi) is 5.50. The summed E-state index contributed by atoms with van der Waals surface area (Å²) in [6.45, 7) is 0. The maximum atomic E-state index is 5.78. The average Bonchev–Trinajstić information content (AvgIpc) is 2.87. The van der Waals surface area contributed by atoms with Gasteiger partial charge in [0, 0.05) is 12.8 Å². The van der Waals surface area contributed by atoms with E-state index in [0.717, 1.165) is 5.76 Å². The molecular weight excluding hydrogens is 403 g/mol. The largest absolute Gasteiger partial charge is 0.469 e. The third-order valence-electron chi connectivity index (χ3n) is 2.36. The molecule has 10 heteroatoms. The van der Waals surface area contributed by atoms with Crippen LogP contribution in [0.5, 0.6) is 0 Å². The molecule has 114 valence electrons. The maximum Gasteiger partial charge on any atom is 0.250 e. The summed E-state index contributed by atoms with van der Waals surface area (Å²) >= 11 is 34.7. The van der Waals surface area contributed by atoms with Crippen molar-refractivity contribution in [1.82, 2.24) is 15.0 Å². The van der Waals surface area contributed by atoms with Gasteiger partial charge in [-0.2, -0.15) is 0 Å². The van der Waals surface area contributed by atoms with Gasteiger partial charge in [-0.25, -0.2) is 15.0 Å². The molecule has 0 unspecified atom stereocenters. The number of halogens is 6. The second-order valence-corrected chi connectivity index (χ2v) is 8.54. The zero-order valence-corrected chi connectivity index (χ0v) is 14.7. The minimum Gasteiger partial charge on any atom is -0.469 e. The monoisotopic (exact) mass is 407 g/mol. The highest BCUT2D eigenvalue weighted by Crippen LogP contribution is 2.39. The minimum absolute atomic E-state index is 0.0988. The molecule has 2 aromatic heterocycles. The molecule has 0 N–H and O–H groups in total. The van der Waals surface area contributed by atoms with E-state index >= 15 is 0 Å². The number of alkyl halides is 6. The highest BCUT2D eigenvalue weighted by molar-refractivity contribution is 6.67. The van der Waals surface area contributed by atoms with Gasteiger partial charge in [-0.05, 0) is 12.1 Å². The van der Waals surface area contributed by atoms with Crippen LogP contribution in [0, 0.1) is 0 Å². The molecule has 0 spiro atoms. The second kappa shape index (κ2) is 6.65. The fourth-order valence-electron chi connectivity index (χ4n) is 1.47. The lowest BCUT2D eigenvalue weighted by Gasteiger charge is -2.15. The van der Waals surface area contributed by atoms with Crippen LogP contribution in [0.1, 0.15) is 23.2 Å². The van der Waals surface area contributed by atoms with Crippen molar-refractivity contribution in [3.63, 3.8) is 0 Å². The first kappa shape index (κ1) is 17.4. The van der Waals surface area contributed by atoms with Crippen LogP contribution in [-0.4, -0.2) is 15.0 Å². The molecule has 0 radical (unpaired) electrons. The molecule has 21 heavy (non-hydrogen) atoms. The van der Waals surface area contributed by atoms with Gasteiger partial charge in [-0.3, -0.25) is 0 Å². The fraction of sp³-hybridized carbons (Fsp3) is 0.364. The van der Waals surface area contributed by atoms with Crippen molar-refractivity contribution < 1.29 is 4.42 Å². The first-order valence-electron chi connectivity index (χ1n) is 5.58. The van der Waals surface area contributed by atoms with Crippen LogP contribution in [0.3, 0.4) is 0 Å². The Bertz CT molecular complexity index is 573. The summed E-state index contributed by atoms with van der Waals surface area (Å²) in [7, 11) is 0. The standard InChI is InChI=1S/C11H7Cl6N3O/c12-10(13,14)8-18-7(4-3-6-2-1-5-21-6)19-9(20-8)11(15,16)17/h1-2,5H,3-4H2. The molecule has 0 atom stereocenters. The zero-order chi connectivity index (χ0) is 15.7. The van der Waals surface area contributed by atoms with Gasteiger partial charge in [0.2, 0.25) is 7.59 Å². The first-order valence-corrected chi connectivity index (χ1v) is 7.85. The van der Waals surface area contributed by atoms with Gasteiger partial charge in [0.15, 0.2) is 11.6 Å². The van der Waals surface area contributed by atoms with Crippen LogP contribution >= 0.6 is 69.6 Å². The van der Waals surface area contributed by atoms with Gasteiger partial charge >= 0.3 is 0 Å². The van der Waals surface area contributed by atoms with E-state index in [1.807, 2.05) is 6.07 Å². The van der Waals surface area contributed by atoms with Gasteiger partial charge in [-0.15, -0.1) is 0 Å². The highest BCUT2D eigenvalue weighted by Gasteiger charge is 2.33. The van der Waals surface area contributed by atoms with Gasteiger partial charge in [0.05, 0.1) is 6.26 Å². The van der Waals surface area contributed by atoms with E-state index in [0.29, 0.717) is 18.7 Å². The summed E-state index contributed by atoms with van der Waals surface area (Å²) in [6.07, 6.45) is 2.54. The van der Waals surface area contributed by atoms with Crippen LogP contribution in [-0.2, 0) is 20.4 Å². The lowest BCUT2D eigenvalue weighted by atomic mass is 10.2. The summed E-state index contributed by atoms with van der Waals surface area (Å²) in [4.78, 5) is 12.0. The van der Waals surface area contributed by atoms with E-state index in [-0.39, 0.29) is 11.6 Å². The number of hydrogen-bond donors (Lipinski definition) is 0. The number of aromatic nitrogens is 3. The van der Waals surface area contributed by atoms with Crippen molar-refractivity contribution in [2.75, 3.05) is 0 Å². The Labute approximate surface area is 150 Å². The Hall–Kier alpha value is 0.0300. The summed E-state index contributed by atoms with van der Waals surface area (Å²) < 4.78 is 1.54. The number of aryl methyl sites for hydroxylation is 2. The van der Waals surface area contributed by atoms with Crippen LogP contribution in [0.2, 0.25) is 0 Å². The molecule has 0 amide bonds. The van der Waals surface area contributed by atoms with Crippen LogP contribution in [0.4, 0.5) is 0 Å². The minimum atomic E-state index is -1.84. The lowest BCUT2D eigenvalue weighted by Crippen LogP contribution is -2.18. The second-order valence-electron chi connectivity index (χ2n) is 3.97. The molecule has 0 aliphatic heterocycles. The Balaban J connectivity index is 2.31. The predicted molar refractivity (Wildman–Crippen MR) is 84.4 cm³/mol. The maximum absolute atomic E-state index is 5.78. The van der Waals surface area contributed by atoms with E-state index < -0.39 is 7.59 Å². The van der Waals surface area contributed by atoms with Crippen LogP contribution < -0.4 is 0 Å². The van der Waals surface area contributed by atoms with Crippen LogP contribution in [0.15, 0.2) is 22.8 Å². The summed E-state index contributed by atoms with van der Waals surface area (Å²) in [6, 6.07) is 3.61. The van der Waals surface area contributed by atoms with Gasteiger partial charge in [-0.1, -0.05) is 69.6 Å². The molecule has 0 aliphatic carbocycles. The Morgan fingerprint density at radius 1 is 0.857 bits per heavy atom. The molecule has 4 nitrogen and oxygen atoms in total. The summed E-state index contributed by atoms with van der Waals surface area (Å²) in [5, 5.41) is 0. The van der Waals surface area contributed by atoms with E-state index in [4.69, 9.17) is 74.0 Å². The van der Waals surface area contributed by atoms with Gasteiger partial charge in [0.1, 0.15) is 11.6 Å². The lowest BCUT2D eigenvalue weighted by molar-refractivity contribution is 0.505. The van der Waals surface area contributed by atoms with Crippen LogP contribution in [0.25, 0.3) is 0 Å². The first-order chi connectivity index (χ1) is 9.66. The SMILES string of the molecule is ClC(Cl)(Cl)c1nc(CCc2ccco2)nc(C(Cl)(Cl)Cl)n1. The molecular formula is C11H7Cl6N3O.